The maximum atomic E-state index is 13.9. The lowest BCUT2D eigenvalue weighted by Gasteiger charge is -2.16. The van der Waals surface area contributed by atoms with Gasteiger partial charge in [0.15, 0.2) is 42.3 Å². The number of esters is 1. The van der Waals surface area contributed by atoms with Gasteiger partial charge in [-0.25, -0.2) is 17.6 Å². The van der Waals surface area contributed by atoms with E-state index >= 15 is 0 Å². The molecule has 0 unspecified atom stereocenters. The predicted octanol–water partition coefficient (Wildman–Crippen LogP) is 7.55. The van der Waals surface area contributed by atoms with Crippen LogP contribution in [0.5, 0.6) is 0 Å². The number of ether oxygens (including phenoxy) is 1. The molecule has 2 aromatic carbocycles. The molecule has 0 amide bonds. The molecule has 0 bridgehead atoms. The minimum absolute atomic E-state index is 0.191. The molecule has 0 aliphatic carbocycles. The van der Waals surface area contributed by atoms with Crippen molar-refractivity contribution in [2.45, 2.75) is 12.8 Å². The lowest BCUT2D eigenvalue weighted by molar-refractivity contribution is -0.142. The van der Waals surface area contributed by atoms with Crippen LogP contribution in [-0.2, 0) is 16.0 Å². The van der Waals surface area contributed by atoms with E-state index in [1.54, 1.807) is 0 Å². The van der Waals surface area contributed by atoms with Crippen LogP contribution < -0.4 is 0 Å². The average molecular weight is 631 g/mol. The van der Waals surface area contributed by atoms with E-state index in [0.717, 1.165) is 0 Å². The van der Waals surface area contributed by atoms with Crippen LogP contribution in [0.25, 0.3) is 0 Å². The molecule has 0 saturated heterocycles. The van der Waals surface area contributed by atoms with Crippen molar-refractivity contribution in [3.05, 3.63) is 64.0 Å². The largest absolute Gasteiger partial charge is 0.465 e. The maximum absolute atomic E-state index is 13.9. The number of carbonyl (C=O) groups is 4. The molecule has 0 spiro atoms. The fourth-order valence-electron chi connectivity index (χ4n) is 2.95. The third kappa shape index (κ3) is 6.09. The van der Waals surface area contributed by atoms with Crippen molar-refractivity contribution in [2.75, 3.05) is 20.0 Å². The van der Waals surface area contributed by atoms with Gasteiger partial charge in [-0.1, -0.05) is 69.6 Å². The fraction of sp³-hybridized carbons (Fsp3) is 0.238. The van der Waals surface area contributed by atoms with Gasteiger partial charge >= 0.3 is 5.97 Å². The number of alkyl halides is 2. The third-order valence-electron chi connectivity index (χ3n) is 4.62. The smallest absolute Gasteiger partial charge is 0.313 e. The average Bonchev–Trinajstić information content (AvgIpc) is 2.83. The van der Waals surface area contributed by atoms with Gasteiger partial charge in [-0.3, -0.25) is 19.2 Å². The van der Waals surface area contributed by atoms with Crippen molar-refractivity contribution < 1.29 is 41.5 Å². The Labute approximate surface area is 230 Å². The van der Waals surface area contributed by atoms with Crippen molar-refractivity contribution in [1.29, 1.82) is 0 Å². The van der Waals surface area contributed by atoms with Gasteiger partial charge < -0.3 is 4.74 Å². The molecule has 0 N–H and O–H groups in total. The van der Waals surface area contributed by atoms with Gasteiger partial charge in [-0.2, -0.15) is 0 Å². The Morgan fingerprint density at radius 1 is 0.611 bits per heavy atom. The van der Waals surface area contributed by atoms with Crippen molar-refractivity contribution in [3.8, 4) is 0 Å². The first-order valence-electron chi connectivity index (χ1n) is 9.37. The highest BCUT2D eigenvalue weighted by Crippen LogP contribution is 2.40. The Hall–Kier alpha value is -1.62. The number of ketones is 3. The molecule has 0 fully saturated rings. The SMILES string of the molecule is O=C(CC(=O)c1c(Cl)c(F)c(Cl)c(F)c1Cl)OCCc1c(Cl)c(C(=O)CF)c(Cl)c(C(=O)CF)c1Cl. The van der Waals surface area contributed by atoms with E-state index in [4.69, 9.17) is 74.3 Å². The molecule has 194 valence electrons. The standard InChI is InChI=1S/C21H10Cl6F4O5/c22-14-6(15(23)13(9(34)5-29)16(24)12(14)8(33)4-28)1-2-36-10(35)3-7(32)11-17(25)20(30)19(27)21(31)18(11)26/h1-5H2. The Bertz CT molecular complexity index is 1210. The molecular formula is C21H10Cl6F4O5. The highest BCUT2D eigenvalue weighted by atomic mass is 35.5. The predicted molar refractivity (Wildman–Crippen MR) is 127 cm³/mol. The summed E-state index contributed by atoms with van der Waals surface area (Å²) in [6.45, 7) is -3.65. The Morgan fingerprint density at radius 2 is 1.03 bits per heavy atom. The van der Waals surface area contributed by atoms with Crippen LogP contribution in [-0.4, -0.2) is 43.3 Å². The fourth-order valence-corrected chi connectivity index (χ4v) is 5.19. The molecule has 0 saturated carbocycles. The summed E-state index contributed by atoms with van der Waals surface area (Å²) in [5.41, 5.74) is -2.25. The second-order valence-electron chi connectivity index (χ2n) is 6.80. The minimum atomic E-state index is -1.54. The molecule has 0 heterocycles. The second-order valence-corrected chi connectivity index (χ2v) is 9.07. The first kappa shape index (κ1) is 30.6. The monoisotopic (exact) mass is 628 g/mol. The van der Waals surface area contributed by atoms with E-state index in [-0.39, 0.29) is 12.0 Å². The molecule has 36 heavy (non-hydrogen) atoms. The molecule has 2 aromatic rings. The zero-order valence-corrected chi connectivity index (χ0v) is 21.9. The number of hydrogen-bond acceptors (Lipinski definition) is 5. The van der Waals surface area contributed by atoms with E-state index in [1.807, 2.05) is 0 Å². The second kappa shape index (κ2) is 12.8. The van der Waals surface area contributed by atoms with E-state index in [2.05, 4.69) is 0 Å². The third-order valence-corrected chi connectivity index (χ3v) is 6.87. The summed E-state index contributed by atoms with van der Waals surface area (Å²) < 4.78 is 58.6. The van der Waals surface area contributed by atoms with Gasteiger partial charge in [0.25, 0.3) is 0 Å². The quantitative estimate of drug-likeness (QED) is 0.0677. The summed E-state index contributed by atoms with van der Waals surface area (Å²) in [5, 5.41) is -4.41. The summed E-state index contributed by atoms with van der Waals surface area (Å²) in [6.07, 6.45) is -1.45. The van der Waals surface area contributed by atoms with E-state index in [1.165, 1.54) is 0 Å². The number of Topliss-reactive ketones (excluding diaryl/α,β-unsaturated/α-hetero) is 3. The topological polar surface area (TPSA) is 77.5 Å². The normalized spacial score (nSPS) is 10.9. The van der Waals surface area contributed by atoms with Crippen LogP contribution in [0.3, 0.4) is 0 Å². The van der Waals surface area contributed by atoms with Crippen LogP contribution in [0, 0.1) is 11.6 Å². The van der Waals surface area contributed by atoms with Gasteiger partial charge in [0.05, 0.1) is 48.4 Å². The minimum Gasteiger partial charge on any atom is -0.465 e. The van der Waals surface area contributed by atoms with E-state index in [9.17, 15) is 36.7 Å². The number of rotatable bonds is 10. The number of carbonyl (C=O) groups excluding carboxylic acids is 4. The summed E-state index contributed by atoms with van der Waals surface area (Å²) in [7, 11) is 0. The summed E-state index contributed by atoms with van der Waals surface area (Å²) in [5.74, 6) is -7.74. The maximum Gasteiger partial charge on any atom is 0.313 e. The van der Waals surface area contributed by atoms with Gasteiger partial charge in [0.2, 0.25) is 0 Å². The van der Waals surface area contributed by atoms with Crippen LogP contribution in [0.1, 0.15) is 43.1 Å². The van der Waals surface area contributed by atoms with Crippen molar-refractivity contribution in [3.63, 3.8) is 0 Å². The van der Waals surface area contributed by atoms with Crippen LogP contribution in [0.15, 0.2) is 0 Å². The van der Waals surface area contributed by atoms with Crippen molar-refractivity contribution in [1.82, 2.24) is 0 Å². The van der Waals surface area contributed by atoms with Crippen LogP contribution in [0.2, 0.25) is 30.1 Å². The molecule has 0 aliphatic rings. The van der Waals surface area contributed by atoms with Crippen LogP contribution in [0.4, 0.5) is 17.6 Å². The zero-order chi connectivity index (χ0) is 27.5. The van der Waals surface area contributed by atoms with Crippen molar-refractivity contribution >= 4 is 92.9 Å². The van der Waals surface area contributed by atoms with Gasteiger partial charge in [-0.15, -0.1) is 0 Å². The number of benzene rings is 2. The highest BCUT2D eigenvalue weighted by Gasteiger charge is 2.29. The summed E-state index contributed by atoms with van der Waals surface area (Å²) in [4.78, 5) is 48.3. The molecule has 2 rings (SSSR count). The molecule has 0 aromatic heterocycles. The van der Waals surface area contributed by atoms with Crippen molar-refractivity contribution in [2.24, 2.45) is 0 Å². The molecule has 5 nitrogen and oxygen atoms in total. The van der Waals surface area contributed by atoms with E-state index < -0.39 is 108 Å². The number of hydrogen-bond donors (Lipinski definition) is 0. The van der Waals surface area contributed by atoms with E-state index in [0.29, 0.717) is 0 Å². The molecule has 15 heteroatoms. The van der Waals surface area contributed by atoms with Gasteiger partial charge in [0.1, 0.15) is 11.4 Å². The summed E-state index contributed by atoms with van der Waals surface area (Å²) >= 11 is 34.8. The first-order chi connectivity index (χ1) is 16.8. The lowest BCUT2D eigenvalue weighted by Crippen LogP contribution is -2.16. The van der Waals surface area contributed by atoms with Gasteiger partial charge in [0, 0.05) is 6.42 Å². The lowest BCUT2D eigenvalue weighted by atomic mass is 9.98. The summed E-state index contributed by atoms with van der Waals surface area (Å²) in [6, 6.07) is 0. The zero-order valence-electron chi connectivity index (χ0n) is 17.4. The van der Waals surface area contributed by atoms with Gasteiger partial charge in [-0.05, 0) is 5.56 Å². The molecule has 0 atom stereocenters. The van der Waals surface area contributed by atoms with Crippen LogP contribution >= 0.6 is 69.6 Å². The first-order valence-corrected chi connectivity index (χ1v) is 11.6. The highest BCUT2D eigenvalue weighted by molar-refractivity contribution is 6.46. The molecule has 0 aliphatic heterocycles. The molecular weight excluding hydrogens is 621 g/mol. The number of halogens is 10. The Balaban J connectivity index is 2.26. The Morgan fingerprint density at radius 3 is 1.44 bits per heavy atom. The molecule has 0 radical (unpaired) electrons. The Kier molecular flexibility index (Phi) is 10.8.